The first-order valence-corrected chi connectivity index (χ1v) is 11.4. The second-order valence-corrected chi connectivity index (χ2v) is 7.89. The van der Waals surface area contributed by atoms with Crippen LogP contribution in [-0.4, -0.2) is 69.0 Å². The first-order valence-electron chi connectivity index (χ1n) is 11.4. The standard InChI is InChI=1S/C23H38N4O2/c1-2-24-23(26-15-8-14-25-20-9-4-3-5-10-20)27-16-12-21(13-17-27)29-19-22-11-6-7-18-28-22/h3-5,9-10,21-22,25H,2,6-8,11-19H2,1H3,(H,24,26). The van der Waals surface area contributed by atoms with Crippen molar-refractivity contribution in [3.8, 4) is 0 Å². The minimum absolute atomic E-state index is 0.310. The molecular weight excluding hydrogens is 364 g/mol. The Kier molecular flexibility index (Phi) is 9.60. The van der Waals surface area contributed by atoms with Crippen molar-refractivity contribution in [1.82, 2.24) is 10.2 Å². The van der Waals surface area contributed by atoms with Crippen LogP contribution in [0.2, 0.25) is 0 Å². The number of nitrogens with zero attached hydrogens (tertiary/aromatic N) is 2. The number of hydrogen-bond donors (Lipinski definition) is 2. The van der Waals surface area contributed by atoms with E-state index >= 15 is 0 Å². The number of guanidine groups is 1. The largest absolute Gasteiger partial charge is 0.385 e. The smallest absolute Gasteiger partial charge is 0.193 e. The molecule has 1 unspecified atom stereocenters. The van der Waals surface area contributed by atoms with Gasteiger partial charge in [0.2, 0.25) is 0 Å². The predicted octanol–water partition coefficient (Wildman–Crippen LogP) is 3.50. The molecule has 2 N–H and O–H groups in total. The van der Waals surface area contributed by atoms with Crippen molar-refractivity contribution in [3.05, 3.63) is 30.3 Å². The Morgan fingerprint density at radius 1 is 1.17 bits per heavy atom. The highest BCUT2D eigenvalue weighted by molar-refractivity contribution is 5.80. The van der Waals surface area contributed by atoms with Crippen LogP contribution in [-0.2, 0) is 9.47 Å². The highest BCUT2D eigenvalue weighted by atomic mass is 16.5. The number of hydrogen-bond acceptors (Lipinski definition) is 4. The van der Waals surface area contributed by atoms with Crippen LogP contribution in [0.4, 0.5) is 5.69 Å². The summed E-state index contributed by atoms with van der Waals surface area (Å²) in [7, 11) is 0. The lowest BCUT2D eigenvalue weighted by molar-refractivity contribution is -0.0721. The summed E-state index contributed by atoms with van der Waals surface area (Å²) in [5.41, 5.74) is 1.17. The molecule has 3 rings (SSSR count). The predicted molar refractivity (Wildman–Crippen MR) is 120 cm³/mol. The number of likely N-dealkylation sites (tertiary alicyclic amines) is 1. The van der Waals surface area contributed by atoms with Gasteiger partial charge in [0.1, 0.15) is 0 Å². The van der Waals surface area contributed by atoms with Crippen LogP contribution in [0.1, 0.15) is 45.4 Å². The van der Waals surface area contributed by atoms with Gasteiger partial charge >= 0.3 is 0 Å². The fraction of sp³-hybridized carbons (Fsp3) is 0.696. The summed E-state index contributed by atoms with van der Waals surface area (Å²) in [6.07, 6.45) is 7.43. The number of rotatable bonds is 9. The first-order chi connectivity index (χ1) is 14.3. The molecule has 29 heavy (non-hydrogen) atoms. The van der Waals surface area contributed by atoms with E-state index in [4.69, 9.17) is 14.5 Å². The lowest BCUT2D eigenvalue weighted by Crippen LogP contribution is -2.47. The van der Waals surface area contributed by atoms with Crippen molar-refractivity contribution in [1.29, 1.82) is 0 Å². The maximum atomic E-state index is 6.15. The van der Waals surface area contributed by atoms with E-state index in [1.54, 1.807) is 0 Å². The van der Waals surface area contributed by atoms with E-state index in [9.17, 15) is 0 Å². The summed E-state index contributed by atoms with van der Waals surface area (Å²) < 4.78 is 11.9. The Morgan fingerprint density at radius 2 is 2.00 bits per heavy atom. The quantitative estimate of drug-likeness (QED) is 0.376. The molecule has 0 spiro atoms. The molecule has 0 aliphatic carbocycles. The molecule has 2 saturated heterocycles. The molecule has 0 saturated carbocycles. The van der Waals surface area contributed by atoms with E-state index in [1.807, 2.05) is 6.07 Å². The third kappa shape index (κ3) is 7.86. The SMILES string of the molecule is CCNC(=NCCCNc1ccccc1)N1CCC(OCC2CCCCO2)CC1. The van der Waals surface area contributed by atoms with Gasteiger partial charge in [0.25, 0.3) is 0 Å². The van der Waals surface area contributed by atoms with Crippen LogP contribution in [0.3, 0.4) is 0 Å². The summed E-state index contributed by atoms with van der Waals surface area (Å²) in [5, 5.41) is 6.90. The van der Waals surface area contributed by atoms with E-state index < -0.39 is 0 Å². The Morgan fingerprint density at radius 3 is 2.72 bits per heavy atom. The zero-order valence-electron chi connectivity index (χ0n) is 17.9. The topological polar surface area (TPSA) is 58.1 Å². The minimum Gasteiger partial charge on any atom is -0.385 e. The molecule has 1 aromatic rings. The zero-order valence-corrected chi connectivity index (χ0v) is 17.9. The zero-order chi connectivity index (χ0) is 20.2. The molecule has 162 valence electrons. The summed E-state index contributed by atoms with van der Waals surface area (Å²) in [6.45, 7) is 8.46. The normalized spacial score (nSPS) is 21.2. The van der Waals surface area contributed by atoms with Gasteiger partial charge in [0, 0.05) is 45.0 Å². The molecule has 1 atom stereocenters. The molecule has 2 fully saturated rings. The van der Waals surface area contributed by atoms with E-state index in [0.29, 0.717) is 12.2 Å². The molecule has 6 heteroatoms. The van der Waals surface area contributed by atoms with Gasteiger partial charge in [-0.15, -0.1) is 0 Å². The van der Waals surface area contributed by atoms with Gasteiger partial charge in [-0.05, 0) is 57.6 Å². The summed E-state index contributed by atoms with van der Waals surface area (Å²) >= 11 is 0. The van der Waals surface area contributed by atoms with Crippen molar-refractivity contribution in [2.45, 2.75) is 57.7 Å². The summed E-state index contributed by atoms with van der Waals surface area (Å²) in [6, 6.07) is 10.3. The Labute approximate surface area is 176 Å². The highest BCUT2D eigenvalue weighted by Crippen LogP contribution is 2.18. The Bertz CT molecular complexity index is 582. The lowest BCUT2D eigenvalue weighted by atomic mass is 10.1. The second kappa shape index (κ2) is 12.7. The lowest BCUT2D eigenvalue weighted by Gasteiger charge is -2.35. The Balaban J connectivity index is 1.34. The number of piperidine rings is 1. The maximum absolute atomic E-state index is 6.15. The third-order valence-corrected chi connectivity index (χ3v) is 5.57. The van der Waals surface area contributed by atoms with Gasteiger partial charge in [0.15, 0.2) is 5.96 Å². The van der Waals surface area contributed by atoms with Crippen molar-refractivity contribution in [3.63, 3.8) is 0 Å². The number of para-hydroxylation sites is 1. The molecule has 0 aromatic heterocycles. The van der Waals surface area contributed by atoms with Crippen molar-refractivity contribution in [2.24, 2.45) is 4.99 Å². The number of anilines is 1. The second-order valence-electron chi connectivity index (χ2n) is 7.89. The average Bonchev–Trinajstić information content (AvgIpc) is 2.78. The fourth-order valence-electron chi connectivity index (χ4n) is 3.90. The van der Waals surface area contributed by atoms with Crippen LogP contribution >= 0.6 is 0 Å². The van der Waals surface area contributed by atoms with Gasteiger partial charge < -0.3 is 25.0 Å². The molecule has 2 heterocycles. The van der Waals surface area contributed by atoms with Gasteiger partial charge in [-0.25, -0.2) is 0 Å². The summed E-state index contributed by atoms with van der Waals surface area (Å²) in [4.78, 5) is 7.22. The van der Waals surface area contributed by atoms with Crippen molar-refractivity contribution in [2.75, 3.05) is 51.3 Å². The highest BCUT2D eigenvalue weighted by Gasteiger charge is 2.23. The van der Waals surface area contributed by atoms with Gasteiger partial charge in [-0.2, -0.15) is 0 Å². The van der Waals surface area contributed by atoms with Crippen LogP contribution in [0, 0.1) is 0 Å². The van der Waals surface area contributed by atoms with Gasteiger partial charge in [-0.3, -0.25) is 4.99 Å². The van der Waals surface area contributed by atoms with Crippen molar-refractivity contribution < 1.29 is 9.47 Å². The monoisotopic (exact) mass is 402 g/mol. The number of nitrogens with one attached hydrogen (secondary N) is 2. The number of aliphatic imine (C=N–C) groups is 1. The van der Waals surface area contributed by atoms with E-state index in [2.05, 4.69) is 46.7 Å². The maximum Gasteiger partial charge on any atom is 0.193 e. The minimum atomic E-state index is 0.310. The molecule has 2 aliphatic heterocycles. The van der Waals surface area contributed by atoms with Gasteiger partial charge in [0.05, 0.1) is 18.8 Å². The van der Waals surface area contributed by atoms with Crippen LogP contribution in [0.15, 0.2) is 35.3 Å². The van der Waals surface area contributed by atoms with Crippen LogP contribution in [0.25, 0.3) is 0 Å². The van der Waals surface area contributed by atoms with E-state index in [1.165, 1.54) is 18.5 Å². The van der Waals surface area contributed by atoms with E-state index in [-0.39, 0.29) is 0 Å². The molecule has 0 radical (unpaired) electrons. The van der Waals surface area contributed by atoms with Gasteiger partial charge in [-0.1, -0.05) is 18.2 Å². The molecular formula is C23H38N4O2. The third-order valence-electron chi connectivity index (χ3n) is 5.57. The number of ether oxygens (including phenoxy) is 2. The molecule has 1 aromatic carbocycles. The molecule has 2 aliphatic rings. The molecule has 6 nitrogen and oxygen atoms in total. The van der Waals surface area contributed by atoms with E-state index in [0.717, 1.165) is 77.6 Å². The fourth-order valence-corrected chi connectivity index (χ4v) is 3.90. The summed E-state index contributed by atoms with van der Waals surface area (Å²) in [5.74, 6) is 1.04. The van der Waals surface area contributed by atoms with Crippen LogP contribution < -0.4 is 10.6 Å². The average molecular weight is 403 g/mol. The molecule has 0 bridgehead atoms. The Hall–Kier alpha value is -1.79. The van der Waals surface area contributed by atoms with Crippen molar-refractivity contribution >= 4 is 11.6 Å². The molecule has 0 amide bonds. The first kappa shape index (κ1) is 21.9. The van der Waals surface area contributed by atoms with Crippen LogP contribution in [0.5, 0.6) is 0 Å². The number of benzene rings is 1.